The molecule has 0 radical (unpaired) electrons. The molecule has 3 N–H and O–H groups in total. The molecule has 0 bridgehead atoms. The Balaban J connectivity index is 1.15. The predicted molar refractivity (Wildman–Crippen MR) is 203 cm³/mol. The molecular weight excluding hydrogens is 770 g/mol. The second kappa shape index (κ2) is 18.4. The summed E-state index contributed by atoms with van der Waals surface area (Å²) in [6.45, 7) is 7.91. The van der Waals surface area contributed by atoms with Crippen LogP contribution in [0.15, 0.2) is 86.4 Å². The molecule has 19 nitrogen and oxygen atoms in total. The smallest absolute Gasteiger partial charge is 0.453 e. The van der Waals surface area contributed by atoms with Crippen molar-refractivity contribution in [2.75, 3.05) is 0 Å². The molecule has 6 rings (SSSR count). The second-order valence-corrected chi connectivity index (χ2v) is 13.9. The zero-order valence-corrected chi connectivity index (χ0v) is 32.9. The highest BCUT2D eigenvalue weighted by Gasteiger charge is 2.33. The highest BCUT2D eigenvalue weighted by atomic mass is 17.1. The number of imidazole rings is 1. The minimum absolute atomic E-state index is 0.0710. The third-order valence-electron chi connectivity index (χ3n) is 8.98. The molecule has 0 spiro atoms. The summed E-state index contributed by atoms with van der Waals surface area (Å²) >= 11 is 0. The summed E-state index contributed by atoms with van der Waals surface area (Å²) in [4.78, 5) is 48.1. The Labute approximate surface area is 336 Å². The van der Waals surface area contributed by atoms with E-state index in [4.69, 9.17) is 33.5 Å². The van der Waals surface area contributed by atoms with Gasteiger partial charge >= 0.3 is 17.9 Å². The second-order valence-electron chi connectivity index (χ2n) is 13.9. The fourth-order valence-corrected chi connectivity index (χ4v) is 6.04. The molecule has 1 atom stereocenters. The lowest BCUT2D eigenvalue weighted by Gasteiger charge is -2.17. The van der Waals surface area contributed by atoms with Gasteiger partial charge in [-0.1, -0.05) is 79.7 Å². The Bertz CT molecular complexity index is 2430. The van der Waals surface area contributed by atoms with Crippen LogP contribution in [0.1, 0.15) is 90.6 Å². The summed E-state index contributed by atoms with van der Waals surface area (Å²) in [5, 5.41) is 40.8. The summed E-state index contributed by atoms with van der Waals surface area (Å²) in [5.74, 6) is -0.497. The van der Waals surface area contributed by atoms with Gasteiger partial charge in [-0.3, -0.25) is 10.4 Å². The van der Waals surface area contributed by atoms with Crippen LogP contribution in [0, 0.1) is 6.92 Å². The van der Waals surface area contributed by atoms with E-state index >= 15 is 0 Å². The first kappa shape index (κ1) is 42.1. The maximum absolute atomic E-state index is 13.7. The topological polar surface area (TPSA) is 240 Å². The zero-order chi connectivity index (χ0) is 42.3. The lowest BCUT2D eigenvalue weighted by atomic mass is 9.98. The Kier molecular flexibility index (Phi) is 13.1. The van der Waals surface area contributed by atoms with Gasteiger partial charge in [-0.15, -0.1) is 15.0 Å². The quantitative estimate of drug-likeness (QED) is 0.0704. The van der Waals surface area contributed by atoms with Gasteiger partial charge in [0.25, 0.3) is 0 Å². The number of hydrogen-bond donors (Lipinski definition) is 3. The number of hydrogen-bond acceptors (Lipinski definition) is 17. The van der Waals surface area contributed by atoms with Gasteiger partial charge in [0.05, 0.1) is 12.0 Å². The van der Waals surface area contributed by atoms with Crippen molar-refractivity contribution in [3.63, 3.8) is 0 Å². The monoisotopic (exact) mass is 813 g/mol. The van der Waals surface area contributed by atoms with Crippen molar-refractivity contribution in [2.45, 2.75) is 85.7 Å². The van der Waals surface area contributed by atoms with Gasteiger partial charge in [-0.05, 0) is 67.1 Å². The maximum Gasteiger partial charge on any atom is 0.519 e. The largest absolute Gasteiger partial charge is 0.519 e. The number of aliphatic hydroxyl groups is 1. The van der Waals surface area contributed by atoms with Gasteiger partial charge in [-0.25, -0.2) is 24.2 Å². The van der Waals surface area contributed by atoms with Crippen molar-refractivity contribution < 1.29 is 53.0 Å². The number of aromatic nitrogens is 6. The number of tetrazole rings is 1. The normalized spacial score (nSPS) is 12.2. The van der Waals surface area contributed by atoms with Crippen LogP contribution < -0.4 is 5.82 Å². The molecule has 310 valence electrons. The number of nitrogens with zero attached hydrogens (tertiary/aromatic N) is 7. The fourth-order valence-electron chi connectivity index (χ4n) is 6.04. The van der Waals surface area contributed by atoms with Crippen molar-refractivity contribution in [2.24, 2.45) is 0 Å². The molecule has 1 unspecified atom stereocenters. The molecule has 3 aromatic carbocycles. The van der Waals surface area contributed by atoms with Crippen molar-refractivity contribution in [1.29, 1.82) is 0 Å². The van der Waals surface area contributed by atoms with Crippen LogP contribution in [0.5, 0.6) is 0 Å². The summed E-state index contributed by atoms with van der Waals surface area (Å²) in [6, 6.07) is 21.9. The molecule has 19 heteroatoms. The van der Waals surface area contributed by atoms with Crippen LogP contribution in [-0.4, -0.2) is 62.8 Å². The van der Waals surface area contributed by atoms with Crippen molar-refractivity contribution >= 4 is 12.1 Å². The predicted octanol–water partition coefficient (Wildman–Crippen LogP) is 6.03. The number of ether oxygens (including phenoxy) is 3. The van der Waals surface area contributed by atoms with Gasteiger partial charge in [0.2, 0.25) is 12.1 Å². The first-order chi connectivity index (χ1) is 28.2. The number of rotatable bonds is 17. The zero-order valence-electron chi connectivity index (χ0n) is 32.9. The average molecular weight is 814 g/mol. The van der Waals surface area contributed by atoms with E-state index in [1.54, 1.807) is 49.6 Å². The van der Waals surface area contributed by atoms with Crippen LogP contribution >= 0.6 is 0 Å². The lowest BCUT2D eigenvalue weighted by Crippen LogP contribution is -2.23. The van der Waals surface area contributed by atoms with Gasteiger partial charge in [0.1, 0.15) is 23.7 Å². The van der Waals surface area contributed by atoms with Gasteiger partial charge in [0.15, 0.2) is 23.8 Å². The highest BCUT2D eigenvalue weighted by Crippen LogP contribution is 2.32. The Morgan fingerprint density at radius 1 is 0.898 bits per heavy atom. The molecule has 0 aliphatic rings. The van der Waals surface area contributed by atoms with E-state index in [1.807, 2.05) is 55.5 Å². The van der Waals surface area contributed by atoms with E-state index in [1.165, 1.54) is 6.92 Å². The molecule has 0 saturated heterocycles. The number of carbonyl (C=O) groups is 2. The molecule has 59 heavy (non-hydrogen) atoms. The average Bonchev–Trinajstić information content (AvgIpc) is 3.93. The standard InChI is InChI=1S/C40H43N7O12/c1-6-9-33-41-35(40(4,5)51)34(37(48)54-23-32-24(2)57-39(50)59-32)45(33)20-26-16-18-29(19-17-26)30-10-7-8-11-31(30)36-42-44-46(43-36)25(3)58-38(49)55-21-27-12-14-28(15-13-27)22-56-47(52)53/h7-8,10-19,25,51-53H,6,9,20-23H2,1-5H3. The summed E-state index contributed by atoms with van der Waals surface area (Å²) in [6.07, 6.45) is -0.644. The molecule has 6 aromatic rings. The van der Waals surface area contributed by atoms with Gasteiger partial charge < -0.3 is 32.7 Å². The van der Waals surface area contributed by atoms with Crippen LogP contribution in [0.3, 0.4) is 0 Å². The Hall–Kier alpha value is -6.51. The summed E-state index contributed by atoms with van der Waals surface area (Å²) in [5.41, 5.74) is 3.24. The van der Waals surface area contributed by atoms with Crippen molar-refractivity contribution in [1.82, 2.24) is 35.1 Å². The number of benzene rings is 3. The van der Waals surface area contributed by atoms with Crippen LogP contribution in [0.2, 0.25) is 0 Å². The van der Waals surface area contributed by atoms with Crippen LogP contribution in [0.25, 0.3) is 22.5 Å². The van der Waals surface area contributed by atoms with E-state index in [2.05, 4.69) is 25.2 Å². The molecule has 3 aromatic heterocycles. The molecule has 0 aliphatic heterocycles. The lowest BCUT2D eigenvalue weighted by molar-refractivity contribution is -0.497. The van der Waals surface area contributed by atoms with E-state index < -0.39 is 29.8 Å². The third kappa shape index (κ3) is 10.5. The summed E-state index contributed by atoms with van der Waals surface area (Å²) < 4.78 is 27.8. The van der Waals surface area contributed by atoms with Gasteiger partial charge in [0, 0.05) is 18.5 Å². The highest BCUT2D eigenvalue weighted by molar-refractivity contribution is 5.89. The third-order valence-corrected chi connectivity index (χ3v) is 8.98. The number of aryl methyl sites for hydroxylation is 2. The molecular formula is C40H43N7O12. The van der Waals surface area contributed by atoms with Crippen LogP contribution in [0.4, 0.5) is 4.79 Å². The van der Waals surface area contributed by atoms with E-state index in [0.717, 1.165) is 27.9 Å². The molecule has 0 aliphatic carbocycles. The number of carbonyl (C=O) groups excluding carboxylic acids is 2. The van der Waals surface area contributed by atoms with Crippen molar-refractivity contribution in [3.05, 3.63) is 129 Å². The minimum Gasteiger partial charge on any atom is -0.453 e. The van der Waals surface area contributed by atoms with E-state index in [9.17, 15) is 19.5 Å². The first-order valence-corrected chi connectivity index (χ1v) is 18.5. The maximum atomic E-state index is 13.7. The molecule has 0 fully saturated rings. The van der Waals surface area contributed by atoms with Gasteiger partial charge in [-0.2, -0.15) is 0 Å². The minimum atomic E-state index is -1.48. The molecule has 0 amide bonds. The van der Waals surface area contributed by atoms with E-state index in [-0.39, 0.29) is 60.5 Å². The van der Waals surface area contributed by atoms with Crippen LogP contribution in [-0.2, 0) is 57.4 Å². The Morgan fingerprint density at radius 3 is 2.19 bits per heavy atom. The van der Waals surface area contributed by atoms with E-state index in [0.29, 0.717) is 28.9 Å². The van der Waals surface area contributed by atoms with Crippen molar-refractivity contribution in [3.8, 4) is 22.5 Å². The SMILES string of the molecule is CCCc1nc(C(C)(C)O)c(C(=O)OCc2oc(=O)oc2C)n1Cc1ccc(-c2ccccc2-c2nnn(C(C)OC(=O)OCc3ccc(CON(O)O)cc3)n2)cc1. The summed E-state index contributed by atoms with van der Waals surface area (Å²) in [7, 11) is 0. The number of esters is 1. The molecule has 3 heterocycles. The molecule has 0 saturated carbocycles. The fraction of sp³-hybridized carbons (Fsp3) is 0.325. The Morgan fingerprint density at radius 2 is 1.56 bits per heavy atom. The first-order valence-electron chi connectivity index (χ1n) is 18.5.